The highest BCUT2D eigenvalue weighted by molar-refractivity contribution is 5.91. The summed E-state index contributed by atoms with van der Waals surface area (Å²) in [6.45, 7) is 19.9. The van der Waals surface area contributed by atoms with Crippen LogP contribution in [-0.2, 0) is 9.59 Å². The fourth-order valence-corrected chi connectivity index (χ4v) is 12.9. The van der Waals surface area contributed by atoms with Gasteiger partial charge < -0.3 is 20.8 Å². The number of rotatable bonds is 7. The summed E-state index contributed by atoms with van der Waals surface area (Å²) >= 11 is 0. The van der Waals surface area contributed by atoms with E-state index in [-0.39, 0.29) is 50.7 Å². The summed E-state index contributed by atoms with van der Waals surface area (Å²) in [6.07, 6.45) is 13.8. The molecular weight excluding hydrogens is 584 g/mol. The average molecular weight is 645 g/mol. The maximum Gasteiger partial charge on any atom is 0.244 e. The lowest BCUT2D eigenvalue weighted by Gasteiger charge is -2.72. The average Bonchev–Trinajstić information content (AvgIpc) is 3.43. The summed E-state index contributed by atoms with van der Waals surface area (Å²) in [6, 6.07) is 6.69. The SMILES string of the molecule is C=C(C)[C@@H]1CC[C@]2(C(=O)NCCNC(=O)/C=C/c3ccc(O)cc3)CC[C@]3(C)[C@H](CC[C@@H]4[C@@]5(C)CC[C@H](O)C(C)(C)[C@@H]5CC[C@]43C)[C@@H]12. The van der Waals surface area contributed by atoms with Gasteiger partial charge in [0.2, 0.25) is 11.8 Å². The molecular formula is C41H60N2O4. The number of amides is 2. The lowest BCUT2D eigenvalue weighted by Crippen LogP contribution is -2.67. The number of nitrogens with one attached hydrogen (secondary N) is 2. The Kier molecular flexibility index (Phi) is 8.80. The molecule has 4 N–H and O–H groups in total. The molecule has 1 aromatic rings. The molecule has 6 nitrogen and oxygen atoms in total. The molecule has 6 heteroatoms. The quantitative estimate of drug-likeness (QED) is 0.139. The van der Waals surface area contributed by atoms with Gasteiger partial charge in [-0.1, -0.05) is 58.9 Å². The van der Waals surface area contributed by atoms with E-state index in [9.17, 15) is 19.8 Å². The number of carbonyl (C=O) groups is 2. The van der Waals surface area contributed by atoms with E-state index in [1.807, 2.05) is 0 Å². The number of phenols is 1. The highest BCUT2D eigenvalue weighted by Gasteiger charge is 2.71. The first kappa shape index (κ1) is 34.3. The molecule has 47 heavy (non-hydrogen) atoms. The van der Waals surface area contributed by atoms with Crippen molar-refractivity contribution in [2.24, 2.45) is 56.7 Å². The predicted octanol–water partition coefficient (Wildman–Crippen LogP) is 7.66. The van der Waals surface area contributed by atoms with Crippen LogP contribution in [0.5, 0.6) is 5.75 Å². The van der Waals surface area contributed by atoms with Gasteiger partial charge in [-0.15, -0.1) is 0 Å². The topological polar surface area (TPSA) is 98.7 Å². The second-order valence-electron chi connectivity index (χ2n) is 17.7. The second kappa shape index (κ2) is 12.1. The molecule has 6 rings (SSSR count). The minimum Gasteiger partial charge on any atom is -0.508 e. The van der Waals surface area contributed by atoms with Gasteiger partial charge in [-0.2, -0.15) is 0 Å². The van der Waals surface area contributed by atoms with Crippen LogP contribution in [0.25, 0.3) is 6.08 Å². The van der Waals surface area contributed by atoms with E-state index >= 15 is 0 Å². The third-order valence-electron chi connectivity index (χ3n) is 15.5. The van der Waals surface area contributed by atoms with Crippen LogP contribution in [0.1, 0.15) is 111 Å². The van der Waals surface area contributed by atoms with Gasteiger partial charge in [0.25, 0.3) is 0 Å². The highest BCUT2D eigenvalue weighted by atomic mass is 16.3. The lowest BCUT2D eigenvalue weighted by atomic mass is 9.32. The van der Waals surface area contributed by atoms with Crippen molar-refractivity contribution in [3.63, 3.8) is 0 Å². The van der Waals surface area contributed by atoms with Crippen molar-refractivity contribution in [1.82, 2.24) is 10.6 Å². The minimum absolute atomic E-state index is 0.0507. The number of aliphatic hydroxyl groups is 1. The van der Waals surface area contributed by atoms with Crippen LogP contribution < -0.4 is 10.6 Å². The molecule has 0 radical (unpaired) electrons. The molecule has 5 aliphatic rings. The standard InChI is InChI=1S/C41H60N2O4/c1-26(2)29-16-21-41(36(47)43-25-24-42-34(46)15-10-27-8-11-28(44)12-9-27)23-22-39(6)30(35(29)41)13-14-32-38(5)19-18-33(45)37(3,4)31(38)17-20-40(32,39)7/h8-12,15,29-33,35,44-45H,1,13-14,16-25H2,2-7H3,(H,42,46)(H,43,47)/b15-10+/t29-,30+,31-,32+,33-,35+,38-,39+,40+,41-/m0/s1. The fourth-order valence-electron chi connectivity index (χ4n) is 12.9. The Morgan fingerprint density at radius 3 is 2.26 bits per heavy atom. The van der Waals surface area contributed by atoms with Gasteiger partial charge in [0.15, 0.2) is 0 Å². The van der Waals surface area contributed by atoms with Crippen molar-refractivity contribution in [3.05, 3.63) is 48.1 Å². The molecule has 5 aliphatic carbocycles. The third kappa shape index (κ3) is 5.31. The molecule has 5 fully saturated rings. The van der Waals surface area contributed by atoms with Crippen molar-refractivity contribution < 1.29 is 19.8 Å². The van der Waals surface area contributed by atoms with Crippen LogP contribution in [0.3, 0.4) is 0 Å². The van der Waals surface area contributed by atoms with Crippen LogP contribution in [-0.4, -0.2) is 41.2 Å². The predicted molar refractivity (Wildman–Crippen MR) is 188 cm³/mol. The Balaban J connectivity index is 1.17. The monoisotopic (exact) mass is 644 g/mol. The fraction of sp³-hybridized carbons (Fsp3) is 0.707. The molecule has 258 valence electrons. The van der Waals surface area contributed by atoms with Crippen LogP contribution >= 0.6 is 0 Å². The van der Waals surface area contributed by atoms with Gasteiger partial charge in [-0.25, -0.2) is 0 Å². The first-order valence-corrected chi connectivity index (χ1v) is 18.5. The number of fused-ring (bicyclic) bond motifs is 7. The van der Waals surface area contributed by atoms with Crippen molar-refractivity contribution in [2.45, 2.75) is 112 Å². The normalized spacial score (nSPS) is 42.0. The molecule has 0 heterocycles. The van der Waals surface area contributed by atoms with Crippen LogP contribution in [0, 0.1) is 56.7 Å². The van der Waals surface area contributed by atoms with Crippen molar-refractivity contribution in [1.29, 1.82) is 0 Å². The molecule has 0 aromatic heterocycles. The molecule has 2 amide bonds. The zero-order chi connectivity index (χ0) is 34.0. The maximum absolute atomic E-state index is 14.3. The number of hydrogen-bond donors (Lipinski definition) is 4. The number of benzene rings is 1. The maximum atomic E-state index is 14.3. The summed E-state index contributed by atoms with van der Waals surface area (Å²) in [5.74, 6) is 2.50. The minimum atomic E-state index is -0.377. The molecule has 1 aromatic carbocycles. The van der Waals surface area contributed by atoms with Crippen LogP contribution in [0.2, 0.25) is 0 Å². The van der Waals surface area contributed by atoms with Crippen molar-refractivity contribution in [2.75, 3.05) is 13.1 Å². The molecule has 5 saturated carbocycles. The summed E-state index contributed by atoms with van der Waals surface area (Å²) in [7, 11) is 0. The van der Waals surface area contributed by atoms with Crippen molar-refractivity contribution in [3.8, 4) is 5.75 Å². The smallest absolute Gasteiger partial charge is 0.244 e. The molecule has 10 atom stereocenters. The molecule has 0 saturated heterocycles. The Morgan fingerprint density at radius 2 is 1.55 bits per heavy atom. The van der Waals surface area contributed by atoms with Gasteiger partial charge in [0.05, 0.1) is 11.5 Å². The van der Waals surface area contributed by atoms with E-state index in [2.05, 4.69) is 58.8 Å². The molecule has 0 aliphatic heterocycles. The Morgan fingerprint density at radius 1 is 0.851 bits per heavy atom. The third-order valence-corrected chi connectivity index (χ3v) is 15.5. The number of aliphatic hydroxyl groups excluding tert-OH is 1. The Labute approximate surface area is 283 Å². The summed E-state index contributed by atoms with van der Waals surface area (Å²) in [4.78, 5) is 26.8. The number of phenolic OH excluding ortho intramolecular Hbond substituents is 1. The lowest BCUT2D eigenvalue weighted by molar-refractivity contribution is -0.246. The van der Waals surface area contributed by atoms with Gasteiger partial charge in [0, 0.05) is 19.2 Å². The van der Waals surface area contributed by atoms with E-state index in [0.29, 0.717) is 42.7 Å². The zero-order valence-electron chi connectivity index (χ0n) is 29.8. The molecule has 0 bridgehead atoms. The zero-order valence-corrected chi connectivity index (χ0v) is 29.8. The van der Waals surface area contributed by atoms with Crippen LogP contribution in [0.15, 0.2) is 42.5 Å². The largest absolute Gasteiger partial charge is 0.508 e. The molecule has 0 unspecified atom stereocenters. The first-order chi connectivity index (χ1) is 22.1. The summed E-state index contributed by atoms with van der Waals surface area (Å²) in [5.41, 5.74) is 2.25. The number of aromatic hydroxyl groups is 1. The van der Waals surface area contributed by atoms with E-state index in [4.69, 9.17) is 0 Å². The Hall–Kier alpha value is -2.60. The van der Waals surface area contributed by atoms with Crippen LogP contribution in [0.4, 0.5) is 0 Å². The van der Waals surface area contributed by atoms with Gasteiger partial charge in [-0.05, 0) is 146 Å². The van der Waals surface area contributed by atoms with Crippen molar-refractivity contribution >= 4 is 17.9 Å². The van der Waals surface area contributed by atoms with E-state index in [0.717, 1.165) is 44.1 Å². The number of hydrogen-bond acceptors (Lipinski definition) is 4. The number of carbonyl (C=O) groups excluding carboxylic acids is 2. The van der Waals surface area contributed by atoms with E-state index in [1.165, 1.54) is 37.3 Å². The highest BCUT2D eigenvalue weighted by Crippen LogP contribution is 2.77. The van der Waals surface area contributed by atoms with Gasteiger partial charge in [0.1, 0.15) is 5.75 Å². The van der Waals surface area contributed by atoms with Gasteiger partial charge in [-0.3, -0.25) is 9.59 Å². The number of allylic oxidation sites excluding steroid dienone is 1. The summed E-state index contributed by atoms with van der Waals surface area (Å²) in [5, 5.41) is 26.7. The Bertz CT molecular complexity index is 1420. The van der Waals surface area contributed by atoms with E-state index < -0.39 is 0 Å². The molecule has 0 spiro atoms. The second-order valence-corrected chi connectivity index (χ2v) is 17.7. The van der Waals surface area contributed by atoms with E-state index in [1.54, 1.807) is 30.3 Å². The summed E-state index contributed by atoms with van der Waals surface area (Å²) < 4.78 is 0. The first-order valence-electron chi connectivity index (χ1n) is 18.5. The van der Waals surface area contributed by atoms with Gasteiger partial charge >= 0.3 is 0 Å².